The van der Waals surface area contributed by atoms with Crippen molar-refractivity contribution in [1.29, 1.82) is 0 Å². The smallest absolute Gasteiger partial charge is 0.220 e. The van der Waals surface area contributed by atoms with E-state index in [1.165, 1.54) is 5.56 Å². The predicted octanol–water partition coefficient (Wildman–Crippen LogP) is 8.46. The molecule has 2 N–H and O–H groups in total. The SMILES string of the molecule is COc1nc(-c2cccc(-c3cccc(-c4ccc(CNC[C@@H]5CCC(=O)C5)cc4)c3Cl)c2Cl)ccc1CCC[C@@H]1CCC(=O)N1. The van der Waals surface area contributed by atoms with E-state index in [0.29, 0.717) is 40.5 Å². The van der Waals surface area contributed by atoms with Gasteiger partial charge in [-0.2, -0.15) is 0 Å². The Kier molecular flexibility index (Phi) is 10.4. The highest BCUT2D eigenvalue weighted by Gasteiger charge is 2.22. The third kappa shape index (κ3) is 7.46. The first-order valence-corrected chi connectivity index (χ1v) is 16.9. The molecule has 0 bridgehead atoms. The van der Waals surface area contributed by atoms with Crippen molar-refractivity contribution in [2.45, 2.75) is 64.0 Å². The number of hydrogen-bond donors (Lipinski definition) is 2. The molecule has 238 valence electrons. The van der Waals surface area contributed by atoms with Gasteiger partial charge in [0, 0.05) is 59.7 Å². The third-order valence-corrected chi connectivity index (χ3v) is 9.97. The van der Waals surface area contributed by atoms with Gasteiger partial charge in [0.15, 0.2) is 0 Å². The summed E-state index contributed by atoms with van der Waals surface area (Å²) in [4.78, 5) is 27.9. The van der Waals surface area contributed by atoms with Crippen molar-refractivity contribution in [2.24, 2.45) is 5.92 Å². The Hall–Kier alpha value is -3.71. The van der Waals surface area contributed by atoms with Crippen molar-refractivity contribution < 1.29 is 14.3 Å². The molecule has 0 radical (unpaired) electrons. The molecule has 2 atom stereocenters. The molecular formula is C38H39Cl2N3O3. The maximum atomic E-state index is 11.5. The van der Waals surface area contributed by atoms with E-state index in [-0.39, 0.29) is 11.9 Å². The molecule has 0 unspecified atom stereocenters. The van der Waals surface area contributed by atoms with E-state index in [2.05, 4.69) is 41.0 Å². The minimum Gasteiger partial charge on any atom is -0.481 e. The van der Waals surface area contributed by atoms with Crippen LogP contribution in [0.15, 0.2) is 72.8 Å². The normalized spacial score (nSPS) is 17.8. The van der Waals surface area contributed by atoms with Crippen LogP contribution in [-0.4, -0.2) is 36.4 Å². The molecule has 1 saturated heterocycles. The maximum Gasteiger partial charge on any atom is 0.220 e. The van der Waals surface area contributed by atoms with Crippen LogP contribution in [0, 0.1) is 5.92 Å². The van der Waals surface area contributed by atoms with Gasteiger partial charge >= 0.3 is 0 Å². The molecule has 2 heterocycles. The van der Waals surface area contributed by atoms with Crippen molar-refractivity contribution >= 4 is 34.9 Å². The monoisotopic (exact) mass is 655 g/mol. The summed E-state index contributed by atoms with van der Waals surface area (Å²) < 4.78 is 5.68. The Morgan fingerprint density at radius 3 is 2.26 bits per heavy atom. The van der Waals surface area contributed by atoms with E-state index in [1.54, 1.807) is 7.11 Å². The van der Waals surface area contributed by atoms with Gasteiger partial charge in [-0.25, -0.2) is 4.98 Å². The number of pyridine rings is 1. The summed E-state index contributed by atoms with van der Waals surface area (Å²) in [5.41, 5.74) is 7.40. The standard InChI is InChI=1S/C38H39Cl2N3O3/c1-46-38-27(5-2-6-28-17-20-35(45)42-28)16-19-34(43-38)33-10-4-9-32(37(33)40)31-8-3-7-30(36(31)39)26-14-11-24(12-15-26)22-41-23-25-13-18-29(44)21-25/h3-4,7-12,14-16,19,25,28,41H,2,5-6,13,17-18,20-23H2,1H3,(H,42,45)/t25-,28-/m1/s1. The fraction of sp³-hybridized carbons (Fsp3) is 0.342. The van der Waals surface area contributed by atoms with Crippen LogP contribution in [0.25, 0.3) is 33.5 Å². The minimum absolute atomic E-state index is 0.147. The Labute approximate surface area is 280 Å². The number of nitrogens with zero attached hydrogens (tertiary/aromatic N) is 1. The Bertz CT molecular complexity index is 1720. The topological polar surface area (TPSA) is 80.3 Å². The molecule has 2 fully saturated rings. The molecule has 1 aromatic heterocycles. The van der Waals surface area contributed by atoms with Gasteiger partial charge in [-0.15, -0.1) is 0 Å². The van der Waals surface area contributed by atoms with Gasteiger partial charge in [0.25, 0.3) is 0 Å². The third-order valence-electron chi connectivity index (χ3n) is 9.15. The molecule has 3 aromatic carbocycles. The number of methoxy groups -OCH3 is 1. The van der Waals surface area contributed by atoms with E-state index in [0.717, 1.165) is 90.7 Å². The summed E-state index contributed by atoms with van der Waals surface area (Å²) in [7, 11) is 1.64. The number of hydrogen-bond acceptors (Lipinski definition) is 5. The van der Waals surface area contributed by atoms with Gasteiger partial charge in [-0.1, -0.05) is 89.9 Å². The van der Waals surface area contributed by atoms with Crippen LogP contribution >= 0.6 is 23.2 Å². The van der Waals surface area contributed by atoms with Crippen molar-refractivity contribution in [3.8, 4) is 39.4 Å². The second kappa shape index (κ2) is 14.8. The number of rotatable bonds is 12. The number of ketones is 1. The van der Waals surface area contributed by atoms with Gasteiger partial charge in [-0.3, -0.25) is 9.59 Å². The van der Waals surface area contributed by atoms with Crippen molar-refractivity contribution in [3.05, 3.63) is 94.0 Å². The number of aryl methyl sites for hydroxylation is 1. The zero-order chi connectivity index (χ0) is 32.0. The van der Waals surface area contributed by atoms with Gasteiger partial charge in [0.2, 0.25) is 11.8 Å². The van der Waals surface area contributed by atoms with E-state index in [1.807, 2.05) is 42.5 Å². The molecule has 2 aliphatic rings. The second-order valence-corrected chi connectivity index (χ2v) is 13.1. The van der Waals surface area contributed by atoms with Crippen LogP contribution in [0.4, 0.5) is 0 Å². The van der Waals surface area contributed by atoms with Crippen molar-refractivity contribution in [2.75, 3.05) is 13.7 Å². The molecule has 4 aromatic rings. The van der Waals surface area contributed by atoms with E-state index < -0.39 is 0 Å². The molecular weight excluding hydrogens is 617 g/mol. The van der Waals surface area contributed by atoms with Crippen LogP contribution < -0.4 is 15.4 Å². The molecule has 1 amide bonds. The van der Waals surface area contributed by atoms with Gasteiger partial charge in [0.1, 0.15) is 5.78 Å². The van der Waals surface area contributed by atoms with Crippen LogP contribution in [0.3, 0.4) is 0 Å². The fourth-order valence-electron chi connectivity index (χ4n) is 6.61. The summed E-state index contributed by atoms with van der Waals surface area (Å²) in [6.45, 7) is 1.64. The van der Waals surface area contributed by atoms with Crippen LogP contribution in [0.5, 0.6) is 5.88 Å². The first kappa shape index (κ1) is 32.2. The number of amides is 1. The first-order chi connectivity index (χ1) is 22.4. The molecule has 6 nitrogen and oxygen atoms in total. The summed E-state index contributed by atoms with van der Waals surface area (Å²) >= 11 is 14.1. The lowest BCUT2D eigenvalue weighted by atomic mass is 9.96. The molecule has 46 heavy (non-hydrogen) atoms. The number of benzene rings is 3. The molecule has 8 heteroatoms. The van der Waals surface area contributed by atoms with Crippen LogP contribution in [0.1, 0.15) is 56.1 Å². The number of nitrogens with one attached hydrogen (secondary N) is 2. The van der Waals surface area contributed by atoms with E-state index >= 15 is 0 Å². The molecule has 1 aliphatic carbocycles. The minimum atomic E-state index is 0.147. The van der Waals surface area contributed by atoms with Crippen LogP contribution in [-0.2, 0) is 22.6 Å². The summed E-state index contributed by atoms with van der Waals surface area (Å²) in [5, 5.41) is 7.75. The molecule has 1 aliphatic heterocycles. The number of halogens is 2. The van der Waals surface area contributed by atoms with Crippen molar-refractivity contribution in [1.82, 2.24) is 15.6 Å². The lowest BCUT2D eigenvalue weighted by Gasteiger charge is -2.15. The summed E-state index contributed by atoms with van der Waals surface area (Å²) in [6, 6.07) is 24.7. The molecule has 0 spiro atoms. The highest BCUT2D eigenvalue weighted by atomic mass is 35.5. The number of carbonyl (C=O) groups is 2. The Morgan fingerprint density at radius 2 is 1.59 bits per heavy atom. The number of ether oxygens (including phenoxy) is 1. The van der Waals surface area contributed by atoms with E-state index in [9.17, 15) is 9.59 Å². The lowest BCUT2D eigenvalue weighted by Crippen LogP contribution is -2.25. The number of Topliss-reactive ketones (excluding diaryl/α,β-unsaturated/α-hetero) is 1. The maximum absolute atomic E-state index is 11.5. The average molecular weight is 657 g/mol. The molecule has 6 rings (SSSR count). The second-order valence-electron chi connectivity index (χ2n) is 12.4. The largest absolute Gasteiger partial charge is 0.481 e. The van der Waals surface area contributed by atoms with Gasteiger partial charge in [-0.05, 0) is 61.8 Å². The summed E-state index contributed by atoms with van der Waals surface area (Å²) in [6.07, 6.45) is 6.65. The number of carbonyl (C=O) groups excluding carboxylic acids is 2. The van der Waals surface area contributed by atoms with Gasteiger partial charge < -0.3 is 15.4 Å². The van der Waals surface area contributed by atoms with Crippen molar-refractivity contribution in [3.63, 3.8) is 0 Å². The first-order valence-electron chi connectivity index (χ1n) is 16.1. The highest BCUT2D eigenvalue weighted by molar-refractivity contribution is 6.39. The fourth-order valence-corrected chi connectivity index (χ4v) is 7.27. The Morgan fingerprint density at radius 1 is 0.870 bits per heavy atom. The quantitative estimate of drug-likeness (QED) is 0.160. The Balaban J connectivity index is 1.17. The zero-order valence-corrected chi connectivity index (χ0v) is 27.6. The highest BCUT2D eigenvalue weighted by Crippen LogP contribution is 2.42. The van der Waals surface area contributed by atoms with Crippen LogP contribution in [0.2, 0.25) is 10.0 Å². The number of aromatic nitrogens is 1. The average Bonchev–Trinajstić information content (AvgIpc) is 3.69. The van der Waals surface area contributed by atoms with E-state index in [4.69, 9.17) is 32.9 Å². The van der Waals surface area contributed by atoms with Gasteiger partial charge in [0.05, 0.1) is 22.8 Å². The predicted molar refractivity (Wildman–Crippen MR) is 185 cm³/mol. The zero-order valence-electron chi connectivity index (χ0n) is 26.1. The molecule has 1 saturated carbocycles. The lowest BCUT2D eigenvalue weighted by molar-refractivity contribution is -0.119. The summed E-state index contributed by atoms with van der Waals surface area (Å²) in [5.74, 6) is 1.57.